The molecule has 0 atom stereocenters. The number of carbonyl (C=O) groups is 1. The number of ether oxygens (including phenoxy) is 2. The van der Waals surface area contributed by atoms with Gasteiger partial charge in [0.05, 0.1) is 25.3 Å². The van der Waals surface area contributed by atoms with E-state index in [1.165, 1.54) is 6.08 Å². The van der Waals surface area contributed by atoms with Crippen LogP contribution in [0.15, 0.2) is 48.5 Å². The summed E-state index contributed by atoms with van der Waals surface area (Å²) in [5.74, 6) is 2.23. The summed E-state index contributed by atoms with van der Waals surface area (Å²) < 4.78 is 12.8. The highest BCUT2D eigenvalue weighted by atomic mass is 16.5. The molecule has 1 aromatic heterocycles. The van der Waals surface area contributed by atoms with Crippen LogP contribution in [0.1, 0.15) is 24.7 Å². The molecule has 29 heavy (non-hydrogen) atoms. The topological polar surface area (TPSA) is 65.4 Å². The van der Waals surface area contributed by atoms with Crippen LogP contribution in [0.2, 0.25) is 0 Å². The molecule has 3 aromatic rings. The first kappa shape index (κ1) is 20.5. The fraction of sp³-hybridized carbons (Fsp3) is 0.304. The lowest BCUT2D eigenvalue weighted by molar-refractivity contribution is -0.116. The molecule has 2 aromatic carbocycles. The summed E-state index contributed by atoms with van der Waals surface area (Å²) >= 11 is 0. The van der Waals surface area contributed by atoms with E-state index in [0.29, 0.717) is 24.5 Å². The molecule has 1 N–H and O–H groups in total. The molecule has 152 valence electrons. The van der Waals surface area contributed by atoms with Gasteiger partial charge in [0.15, 0.2) is 0 Å². The van der Waals surface area contributed by atoms with Crippen molar-refractivity contribution < 1.29 is 14.3 Å². The monoisotopic (exact) mass is 393 g/mol. The van der Waals surface area contributed by atoms with Crippen LogP contribution in [0, 0.1) is 0 Å². The molecule has 0 aliphatic rings. The number of fused-ring (bicyclic) bond motifs is 1. The Morgan fingerprint density at radius 3 is 2.76 bits per heavy atom. The maximum Gasteiger partial charge on any atom is 0.244 e. The van der Waals surface area contributed by atoms with E-state index in [-0.39, 0.29) is 5.91 Å². The van der Waals surface area contributed by atoms with Crippen LogP contribution in [0.3, 0.4) is 0 Å². The zero-order valence-electron chi connectivity index (χ0n) is 17.1. The Balaban J connectivity index is 1.63. The second-order valence-corrected chi connectivity index (χ2v) is 6.65. The quantitative estimate of drug-likeness (QED) is 0.561. The number of rotatable bonds is 9. The number of benzene rings is 2. The molecule has 3 rings (SSSR count). The normalized spacial score (nSPS) is 11.1. The van der Waals surface area contributed by atoms with Gasteiger partial charge in [-0.1, -0.05) is 19.1 Å². The molecular weight excluding hydrogens is 366 g/mol. The molecule has 6 heteroatoms. The summed E-state index contributed by atoms with van der Waals surface area (Å²) in [6.45, 7) is 3.59. The standard InChI is InChI=1S/C23H27N3O3/c1-4-15-26-20-8-6-5-7-19(20)25-22(26)13-14-24-23(27)12-9-17-16-18(28-2)10-11-21(17)29-3/h5-12,16H,4,13-15H2,1-3H3,(H,24,27)/b12-9+. The van der Waals surface area contributed by atoms with E-state index in [9.17, 15) is 4.79 Å². The Kier molecular flexibility index (Phi) is 6.89. The minimum atomic E-state index is -0.159. The molecule has 1 amide bonds. The maximum absolute atomic E-state index is 12.2. The summed E-state index contributed by atoms with van der Waals surface area (Å²) in [6.07, 6.45) is 4.94. The van der Waals surface area contributed by atoms with Crippen molar-refractivity contribution in [2.75, 3.05) is 20.8 Å². The van der Waals surface area contributed by atoms with Crippen LogP contribution in [-0.2, 0) is 17.8 Å². The van der Waals surface area contributed by atoms with Crippen molar-refractivity contribution in [3.05, 3.63) is 59.9 Å². The fourth-order valence-corrected chi connectivity index (χ4v) is 3.28. The predicted molar refractivity (Wildman–Crippen MR) is 115 cm³/mol. The van der Waals surface area contributed by atoms with E-state index in [0.717, 1.165) is 35.4 Å². The molecular formula is C23H27N3O3. The second-order valence-electron chi connectivity index (χ2n) is 6.65. The van der Waals surface area contributed by atoms with E-state index >= 15 is 0 Å². The zero-order valence-corrected chi connectivity index (χ0v) is 17.1. The smallest absolute Gasteiger partial charge is 0.244 e. The third-order valence-corrected chi connectivity index (χ3v) is 4.68. The molecule has 0 unspecified atom stereocenters. The number of methoxy groups -OCH3 is 2. The SMILES string of the molecule is CCCn1c(CCNC(=O)/C=C/c2cc(OC)ccc2OC)nc2ccccc21. The molecule has 0 spiro atoms. The van der Waals surface area contributed by atoms with E-state index in [1.54, 1.807) is 20.3 Å². The number of carbonyl (C=O) groups excluding carboxylic acids is 1. The number of amides is 1. The van der Waals surface area contributed by atoms with Gasteiger partial charge in [-0.2, -0.15) is 0 Å². The van der Waals surface area contributed by atoms with E-state index in [2.05, 4.69) is 22.9 Å². The highest BCUT2D eigenvalue weighted by Crippen LogP contribution is 2.25. The van der Waals surface area contributed by atoms with Crippen LogP contribution in [0.5, 0.6) is 11.5 Å². The first-order valence-electron chi connectivity index (χ1n) is 9.78. The first-order valence-corrected chi connectivity index (χ1v) is 9.78. The number of aryl methyl sites for hydroxylation is 1. The van der Waals surface area contributed by atoms with Gasteiger partial charge in [0.1, 0.15) is 17.3 Å². The number of imidazole rings is 1. The summed E-state index contributed by atoms with van der Waals surface area (Å²) in [4.78, 5) is 17.0. The van der Waals surface area contributed by atoms with Crippen LogP contribution in [-0.4, -0.2) is 36.2 Å². The van der Waals surface area contributed by atoms with Gasteiger partial charge in [-0.3, -0.25) is 4.79 Å². The van der Waals surface area contributed by atoms with Crippen molar-refractivity contribution in [1.82, 2.24) is 14.9 Å². The van der Waals surface area contributed by atoms with Gasteiger partial charge in [-0.25, -0.2) is 4.98 Å². The highest BCUT2D eigenvalue weighted by molar-refractivity contribution is 5.92. The molecule has 0 saturated heterocycles. The van der Waals surface area contributed by atoms with Gasteiger partial charge in [0.2, 0.25) is 5.91 Å². The lowest BCUT2D eigenvalue weighted by Gasteiger charge is -2.08. The van der Waals surface area contributed by atoms with Crippen molar-refractivity contribution in [3.8, 4) is 11.5 Å². The maximum atomic E-state index is 12.2. The summed E-state index contributed by atoms with van der Waals surface area (Å²) in [6, 6.07) is 13.6. The average Bonchev–Trinajstić information content (AvgIpc) is 3.09. The number of hydrogen-bond donors (Lipinski definition) is 1. The molecule has 0 saturated carbocycles. The van der Waals surface area contributed by atoms with Crippen LogP contribution < -0.4 is 14.8 Å². The van der Waals surface area contributed by atoms with Crippen molar-refractivity contribution in [1.29, 1.82) is 0 Å². The third-order valence-electron chi connectivity index (χ3n) is 4.68. The lowest BCUT2D eigenvalue weighted by Crippen LogP contribution is -2.24. The predicted octanol–water partition coefficient (Wildman–Crippen LogP) is 3.84. The minimum absolute atomic E-state index is 0.159. The number of nitrogens with zero attached hydrogens (tertiary/aromatic N) is 2. The minimum Gasteiger partial charge on any atom is -0.497 e. The summed E-state index contributed by atoms with van der Waals surface area (Å²) in [7, 11) is 3.20. The average molecular weight is 393 g/mol. The van der Waals surface area contributed by atoms with Gasteiger partial charge in [0.25, 0.3) is 0 Å². The Labute approximate surface area is 171 Å². The van der Waals surface area contributed by atoms with Crippen LogP contribution >= 0.6 is 0 Å². The zero-order chi connectivity index (χ0) is 20.6. The van der Waals surface area contributed by atoms with Gasteiger partial charge in [0, 0.05) is 31.1 Å². The second kappa shape index (κ2) is 9.78. The van der Waals surface area contributed by atoms with Gasteiger partial charge < -0.3 is 19.4 Å². The molecule has 6 nitrogen and oxygen atoms in total. The molecule has 0 aliphatic heterocycles. The van der Waals surface area contributed by atoms with E-state index in [4.69, 9.17) is 14.5 Å². The van der Waals surface area contributed by atoms with Crippen molar-refractivity contribution in [2.24, 2.45) is 0 Å². The van der Waals surface area contributed by atoms with Gasteiger partial charge >= 0.3 is 0 Å². The highest BCUT2D eigenvalue weighted by Gasteiger charge is 2.10. The Bertz CT molecular complexity index is 1010. The number of hydrogen-bond acceptors (Lipinski definition) is 4. The molecule has 0 aliphatic carbocycles. The van der Waals surface area contributed by atoms with Gasteiger partial charge in [-0.05, 0) is 42.8 Å². The van der Waals surface area contributed by atoms with E-state index < -0.39 is 0 Å². The van der Waals surface area contributed by atoms with Crippen LogP contribution in [0.25, 0.3) is 17.1 Å². The summed E-state index contributed by atoms with van der Waals surface area (Å²) in [5, 5.41) is 2.93. The molecule has 1 heterocycles. The number of aromatic nitrogens is 2. The largest absolute Gasteiger partial charge is 0.497 e. The molecule has 0 radical (unpaired) electrons. The van der Waals surface area contributed by atoms with Crippen molar-refractivity contribution in [3.63, 3.8) is 0 Å². The lowest BCUT2D eigenvalue weighted by atomic mass is 10.1. The molecule has 0 bridgehead atoms. The fourth-order valence-electron chi connectivity index (χ4n) is 3.28. The van der Waals surface area contributed by atoms with Gasteiger partial charge in [-0.15, -0.1) is 0 Å². The Morgan fingerprint density at radius 1 is 1.17 bits per heavy atom. The first-order chi connectivity index (χ1) is 14.2. The Morgan fingerprint density at radius 2 is 2.00 bits per heavy atom. The number of nitrogens with one attached hydrogen (secondary N) is 1. The summed E-state index contributed by atoms with van der Waals surface area (Å²) in [5.41, 5.74) is 2.92. The van der Waals surface area contributed by atoms with E-state index in [1.807, 2.05) is 36.4 Å². The van der Waals surface area contributed by atoms with Crippen LogP contribution in [0.4, 0.5) is 0 Å². The van der Waals surface area contributed by atoms with Crippen molar-refractivity contribution >= 4 is 23.0 Å². The van der Waals surface area contributed by atoms with Crippen molar-refractivity contribution in [2.45, 2.75) is 26.3 Å². The third kappa shape index (κ3) is 4.96. The number of para-hydroxylation sites is 2. The molecule has 0 fully saturated rings. The Hall–Kier alpha value is -3.28.